The lowest BCUT2D eigenvalue weighted by Gasteiger charge is -2.22. The van der Waals surface area contributed by atoms with Crippen molar-refractivity contribution in [2.45, 2.75) is 19.0 Å². The van der Waals surface area contributed by atoms with E-state index in [-0.39, 0.29) is 12.4 Å². The highest BCUT2D eigenvalue weighted by molar-refractivity contribution is 7.74. The molecule has 2 rings (SSSR count). The third-order valence-electron chi connectivity index (χ3n) is 3.96. The molecule has 4 heteroatoms. The first-order valence-corrected chi connectivity index (χ1v) is 10.0. The monoisotopic (exact) mass is 330 g/mol. The Morgan fingerprint density at radius 2 is 1.50 bits per heavy atom. The van der Waals surface area contributed by atoms with E-state index < -0.39 is 7.26 Å². The zero-order chi connectivity index (χ0) is 15.1. The second-order valence-electron chi connectivity index (χ2n) is 5.68. The van der Waals surface area contributed by atoms with E-state index >= 15 is 0 Å². The summed E-state index contributed by atoms with van der Waals surface area (Å²) in [5.41, 5.74) is 1.36. The van der Waals surface area contributed by atoms with Gasteiger partial charge in [0.25, 0.3) is 0 Å². The Labute approximate surface area is 139 Å². The molecule has 0 radical (unpaired) electrons. The van der Waals surface area contributed by atoms with E-state index in [0.29, 0.717) is 12.8 Å². The minimum Gasteiger partial charge on any atom is -1.00 e. The third kappa shape index (κ3) is 4.71. The minimum atomic E-state index is -1.27. The van der Waals surface area contributed by atoms with E-state index in [1.807, 2.05) is 0 Å². The molecule has 0 amide bonds. The molecule has 0 fully saturated rings. The molecule has 0 aliphatic heterocycles. The maximum Gasteiger partial charge on any atom is 0.0846 e. The number of hydrogen-bond acceptors (Lipinski definition) is 2. The van der Waals surface area contributed by atoms with Gasteiger partial charge in [-0.05, 0) is 16.3 Å². The van der Waals surface area contributed by atoms with Crippen molar-refractivity contribution in [1.29, 1.82) is 10.5 Å². The summed E-state index contributed by atoms with van der Waals surface area (Å²) < 4.78 is 0. The van der Waals surface area contributed by atoms with Gasteiger partial charge in [0.05, 0.1) is 43.5 Å². The van der Waals surface area contributed by atoms with Crippen LogP contribution < -0.4 is 12.4 Å². The van der Waals surface area contributed by atoms with Gasteiger partial charge in [0.15, 0.2) is 0 Å². The summed E-state index contributed by atoms with van der Waals surface area (Å²) in [4.78, 5) is 0. The van der Waals surface area contributed by atoms with Gasteiger partial charge in [0, 0.05) is 13.9 Å². The van der Waals surface area contributed by atoms with Crippen LogP contribution >= 0.6 is 7.26 Å². The second-order valence-corrected chi connectivity index (χ2v) is 10.1. The van der Waals surface area contributed by atoms with Gasteiger partial charge in [-0.15, -0.1) is 0 Å². The molecule has 114 valence electrons. The summed E-state index contributed by atoms with van der Waals surface area (Å²) in [5.74, 6) is 0. The van der Waals surface area contributed by atoms with Gasteiger partial charge in [-0.25, -0.2) is 0 Å². The van der Waals surface area contributed by atoms with E-state index in [4.69, 9.17) is 10.5 Å². The van der Waals surface area contributed by atoms with Crippen molar-refractivity contribution in [2.24, 2.45) is 0 Å². The van der Waals surface area contributed by atoms with E-state index in [1.165, 1.54) is 16.3 Å². The predicted octanol–water partition coefficient (Wildman–Crippen LogP) is 1.82. The molecule has 0 unspecified atom stereocenters. The van der Waals surface area contributed by atoms with Crippen molar-refractivity contribution in [3.8, 4) is 12.1 Å². The molecule has 2 aromatic carbocycles. The highest BCUT2D eigenvalue weighted by atomic mass is 35.5. The number of benzene rings is 2. The van der Waals surface area contributed by atoms with E-state index in [0.717, 1.165) is 18.5 Å². The van der Waals surface area contributed by atoms with Gasteiger partial charge in [-0.1, -0.05) is 42.5 Å². The lowest BCUT2D eigenvalue weighted by atomic mass is 10.1. The largest absolute Gasteiger partial charge is 1.00 e. The molecule has 0 atom stereocenters. The molecule has 2 nitrogen and oxygen atoms in total. The first kappa shape index (κ1) is 18.4. The normalized spacial score (nSPS) is 10.5. The summed E-state index contributed by atoms with van der Waals surface area (Å²) in [7, 11) is -1.27. The Morgan fingerprint density at radius 1 is 0.909 bits per heavy atom. The average Bonchev–Trinajstić information content (AvgIpc) is 2.52. The average molecular weight is 331 g/mol. The van der Waals surface area contributed by atoms with E-state index in [2.05, 4.69) is 61.3 Å². The number of fused-ring (bicyclic) bond motifs is 1. The lowest BCUT2D eigenvalue weighted by molar-refractivity contribution is -0.00000490. The molecule has 0 saturated heterocycles. The maximum atomic E-state index is 8.90. The first-order valence-electron chi connectivity index (χ1n) is 7.23. The summed E-state index contributed by atoms with van der Waals surface area (Å²) in [6, 6.07) is 19.4. The van der Waals surface area contributed by atoms with Crippen LogP contribution in [0.5, 0.6) is 0 Å². The number of halogens is 1. The number of nitriles is 2. The summed E-state index contributed by atoms with van der Waals surface area (Å²) in [6.45, 7) is 2.31. The fourth-order valence-corrected chi connectivity index (χ4v) is 5.67. The Kier molecular flexibility index (Phi) is 7.34. The maximum absolute atomic E-state index is 8.90. The van der Waals surface area contributed by atoms with Crippen molar-refractivity contribution in [2.75, 3.05) is 19.0 Å². The molecule has 22 heavy (non-hydrogen) atoms. The Balaban J connectivity index is 0.00000242. The Hall–Kier alpha value is -1.60. The van der Waals surface area contributed by atoms with Crippen LogP contribution in [0.25, 0.3) is 10.8 Å². The first-order chi connectivity index (χ1) is 10.2. The van der Waals surface area contributed by atoms with Gasteiger partial charge in [0.1, 0.15) is 0 Å². The van der Waals surface area contributed by atoms with Crippen LogP contribution in [-0.4, -0.2) is 19.0 Å². The quantitative estimate of drug-likeness (QED) is 0.759. The Morgan fingerprint density at radius 3 is 2.14 bits per heavy atom. The zero-order valence-corrected chi connectivity index (χ0v) is 14.4. The molecular formula is C18H20ClN2P. The van der Waals surface area contributed by atoms with Crippen molar-refractivity contribution in [3.63, 3.8) is 0 Å². The second kappa shape index (κ2) is 8.75. The molecule has 0 aliphatic rings. The molecule has 0 aromatic heterocycles. The van der Waals surface area contributed by atoms with Crippen LogP contribution in [0.4, 0.5) is 0 Å². The molecule has 0 aliphatic carbocycles. The standard InChI is InChI=1S/C18H20N2P.ClH/c1-21(13-5-11-19,14-6-12-20)15-17-9-4-8-16-7-2-3-10-18(16)17;/h2-4,7-10H,5-6,13-15H2,1H3;1H/q+1;/p-1. The molecule has 0 N–H and O–H groups in total. The molecule has 0 bridgehead atoms. The SMILES string of the molecule is C[P+](CCC#N)(CCC#N)Cc1cccc2ccccc12.[Cl-]. The predicted molar refractivity (Wildman–Crippen MR) is 90.7 cm³/mol. The van der Waals surface area contributed by atoms with E-state index in [1.54, 1.807) is 0 Å². The summed E-state index contributed by atoms with van der Waals surface area (Å²) >= 11 is 0. The Bertz CT molecular complexity index is 677. The highest BCUT2D eigenvalue weighted by Gasteiger charge is 2.31. The van der Waals surface area contributed by atoms with Crippen molar-refractivity contribution in [3.05, 3.63) is 48.0 Å². The smallest absolute Gasteiger partial charge is 0.0846 e. The van der Waals surface area contributed by atoms with E-state index in [9.17, 15) is 0 Å². The van der Waals surface area contributed by atoms with Crippen LogP contribution in [0, 0.1) is 22.7 Å². The van der Waals surface area contributed by atoms with Crippen molar-refractivity contribution in [1.82, 2.24) is 0 Å². The molecule has 0 heterocycles. The number of rotatable bonds is 6. The van der Waals surface area contributed by atoms with Gasteiger partial charge < -0.3 is 12.4 Å². The fourth-order valence-electron chi connectivity index (χ4n) is 2.75. The fraction of sp³-hybridized carbons (Fsp3) is 0.333. The zero-order valence-electron chi connectivity index (χ0n) is 12.8. The molecule has 2 aromatic rings. The van der Waals surface area contributed by atoms with Crippen molar-refractivity contribution < 1.29 is 12.4 Å². The summed E-state index contributed by atoms with van der Waals surface area (Å²) in [6.07, 6.45) is 4.13. The van der Waals surface area contributed by atoms with Crippen LogP contribution in [0.1, 0.15) is 18.4 Å². The topological polar surface area (TPSA) is 47.6 Å². The van der Waals surface area contributed by atoms with Gasteiger partial charge >= 0.3 is 0 Å². The highest BCUT2D eigenvalue weighted by Crippen LogP contribution is 2.59. The molecule has 0 spiro atoms. The van der Waals surface area contributed by atoms with Crippen LogP contribution in [0.15, 0.2) is 42.5 Å². The van der Waals surface area contributed by atoms with Crippen molar-refractivity contribution >= 4 is 18.0 Å². The molecule has 0 saturated carbocycles. The number of hydrogen-bond donors (Lipinski definition) is 0. The van der Waals surface area contributed by atoms with Gasteiger partial charge in [-0.3, -0.25) is 0 Å². The summed E-state index contributed by atoms with van der Waals surface area (Å²) in [5, 5.41) is 20.4. The van der Waals surface area contributed by atoms with Crippen LogP contribution in [0.2, 0.25) is 0 Å². The third-order valence-corrected chi connectivity index (χ3v) is 7.67. The van der Waals surface area contributed by atoms with Crippen LogP contribution in [0.3, 0.4) is 0 Å². The molecular weight excluding hydrogens is 311 g/mol. The van der Waals surface area contributed by atoms with Crippen LogP contribution in [-0.2, 0) is 6.16 Å². The number of nitrogens with zero attached hydrogens (tertiary/aromatic N) is 2. The van der Waals surface area contributed by atoms with Gasteiger partial charge in [0.2, 0.25) is 0 Å². The van der Waals surface area contributed by atoms with Gasteiger partial charge in [-0.2, -0.15) is 10.5 Å². The lowest BCUT2D eigenvalue weighted by Crippen LogP contribution is -3.00. The minimum absolute atomic E-state index is 0.